The second kappa shape index (κ2) is 6.04. The molecule has 1 aromatic carbocycles. The normalized spacial score (nSPS) is 16.6. The highest BCUT2D eigenvalue weighted by molar-refractivity contribution is 5.55. The smallest absolute Gasteiger partial charge is 0.272 e. The van der Waals surface area contributed by atoms with Gasteiger partial charge in [0.05, 0.1) is 4.92 Å². The summed E-state index contributed by atoms with van der Waals surface area (Å²) in [7, 11) is 0. The van der Waals surface area contributed by atoms with Gasteiger partial charge in [-0.3, -0.25) is 10.1 Å². The molecule has 19 heavy (non-hydrogen) atoms. The molecule has 0 radical (unpaired) electrons. The van der Waals surface area contributed by atoms with E-state index in [-0.39, 0.29) is 10.6 Å². The first kappa shape index (κ1) is 13.8. The Kier molecular flexibility index (Phi) is 4.40. The molecule has 104 valence electrons. The van der Waals surface area contributed by atoms with Crippen LogP contribution >= 0.6 is 0 Å². The summed E-state index contributed by atoms with van der Waals surface area (Å²) in [6, 6.07) is 5.45. The predicted octanol–water partition coefficient (Wildman–Crippen LogP) is 3.92. The van der Waals surface area contributed by atoms with Crippen molar-refractivity contribution in [2.24, 2.45) is 5.92 Å². The van der Waals surface area contributed by atoms with Gasteiger partial charge in [0.25, 0.3) is 5.69 Å². The van der Waals surface area contributed by atoms with Crippen LogP contribution in [-0.2, 0) is 0 Å². The van der Waals surface area contributed by atoms with E-state index in [0.29, 0.717) is 0 Å². The van der Waals surface area contributed by atoms with Crippen LogP contribution in [-0.4, -0.2) is 18.0 Å². The van der Waals surface area contributed by atoms with Crippen LogP contribution in [0.15, 0.2) is 18.2 Å². The van der Waals surface area contributed by atoms with Crippen molar-refractivity contribution in [3.8, 4) is 0 Å². The molecular weight excluding hydrogens is 240 g/mol. The fourth-order valence-corrected chi connectivity index (χ4v) is 2.93. The summed E-state index contributed by atoms with van der Waals surface area (Å²) < 4.78 is 0. The zero-order valence-electron chi connectivity index (χ0n) is 11.8. The minimum atomic E-state index is -0.313. The molecule has 1 saturated heterocycles. The Bertz CT molecular complexity index is 451. The average molecular weight is 262 g/mol. The van der Waals surface area contributed by atoms with Crippen molar-refractivity contribution in [1.82, 2.24) is 0 Å². The summed E-state index contributed by atoms with van der Waals surface area (Å²) in [5, 5.41) is 10.8. The van der Waals surface area contributed by atoms with Crippen LogP contribution in [0.2, 0.25) is 0 Å². The van der Waals surface area contributed by atoms with Crippen LogP contribution in [0.4, 0.5) is 11.4 Å². The van der Waals surface area contributed by atoms with Gasteiger partial charge in [0, 0.05) is 30.4 Å². The van der Waals surface area contributed by atoms with Crippen molar-refractivity contribution in [1.29, 1.82) is 0 Å². The third kappa shape index (κ3) is 3.25. The fourth-order valence-electron chi connectivity index (χ4n) is 2.93. The molecular formula is C15H22N2O2. The van der Waals surface area contributed by atoms with E-state index in [2.05, 4.69) is 11.8 Å². The minimum absolute atomic E-state index is 0.213. The Morgan fingerprint density at radius 2 is 2.05 bits per heavy atom. The summed E-state index contributed by atoms with van der Waals surface area (Å²) in [6.45, 7) is 6.20. The first-order chi connectivity index (χ1) is 9.11. The summed E-state index contributed by atoms with van der Waals surface area (Å²) in [5.74, 6) is 0.861. The Morgan fingerprint density at radius 3 is 2.58 bits per heavy atom. The van der Waals surface area contributed by atoms with Crippen LogP contribution in [0.5, 0.6) is 0 Å². The summed E-state index contributed by atoms with van der Waals surface area (Å²) in [6.07, 6.45) is 5.07. The highest BCUT2D eigenvalue weighted by atomic mass is 16.6. The summed E-state index contributed by atoms with van der Waals surface area (Å²) in [4.78, 5) is 12.9. The number of benzene rings is 1. The number of hydrogen-bond donors (Lipinski definition) is 0. The van der Waals surface area contributed by atoms with Gasteiger partial charge in [-0.25, -0.2) is 0 Å². The van der Waals surface area contributed by atoms with Gasteiger partial charge < -0.3 is 4.90 Å². The van der Waals surface area contributed by atoms with Gasteiger partial charge in [0.1, 0.15) is 0 Å². The van der Waals surface area contributed by atoms with Gasteiger partial charge in [-0.05, 0) is 37.8 Å². The molecule has 0 spiro atoms. The molecule has 1 aliphatic heterocycles. The van der Waals surface area contributed by atoms with Gasteiger partial charge in [-0.2, -0.15) is 0 Å². The topological polar surface area (TPSA) is 46.4 Å². The Morgan fingerprint density at radius 1 is 1.37 bits per heavy atom. The number of hydrogen-bond acceptors (Lipinski definition) is 3. The lowest BCUT2D eigenvalue weighted by Crippen LogP contribution is -2.33. The molecule has 1 heterocycles. The van der Waals surface area contributed by atoms with E-state index in [1.54, 1.807) is 6.07 Å². The molecule has 0 aliphatic carbocycles. The van der Waals surface area contributed by atoms with Gasteiger partial charge >= 0.3 is 0 Å². The molecule has 4 heteroatoms. The highest BCUT2D eigenvalue weighted by Gasteiger charge is 2.20. The third-order valence-electron chi connectivity index (χ3n) is 4.05. The van der Waals surface area contributed by atoms with E-state index in [1.807, 2.05) is 19.1 Å². The van der Waals surface area contributed by atoms with Gasteiger partial charge in [0.2, 0.25) is 0 Å². The van der Waals surface area contributed by atoms with Crippen molar-refractivity contribution < 1.29 is 4.92 Å². The number of anilines is 1. The lowest BCUT2D eigenvalue weighted by Gasteiger charge is -2.33. The monoisotopic (exact) mass is 262 g/mol. The maximum atomic E-state index is 10.8. The number of piperidine rings is 1. The van der Waals surface area contributed by atoms with E-state index in [0.717, 1.165) is 30.3 Å². The molecule has 1 fully saturated rings. The lowest BCUT2D eigenvalue weighted by molar-refractivity contribution is -0.385. The Balaban J connectivity index is 2.04. The summed E-state index contributed by atoms with van der Waals surface area (Å²) in [5.41, 5.74) is 2.08. The molecule has 0 atom stereocenters. The second-order valence-electron chi connectivity index (χ2n) is 5.45. The first-order valence-electron chi connectivity index (χ1n) is 7.11. The Hall–Kier alpha value is -1.58. The highest BCUT2D eigenvalue weighted by Crippen LogP contribution is 2.29. The average Bonchev–Trinajstić information content (AvgIpc) is 2.39. The van der Waals surface area contributed by atoms with Crippen molar-refractivity contribution in [2.45, 2.75) is 39.5 Å². The molecule has 2 rings (SSSR count). The van der Waals surface area contributed by atoms with Crippen LogP contribution < -0.4 is 4.90 Å². The lowest BCUT2D eigenvalue weighted by atomic mass is 9.92. The SMILES string of the molecule is CCCC1CCN(c2ccc([N+](=O)[O-])c(C)c2)CC1. The van der Waals surface area contributed by atoms with E-state index >= 15 is 0 Å². The maximum absolute atomic E-state index is 10.8. The van der Waals surface area contributed by atoms with Crippen LogP contribution in [0, 0.1) is 23.0 Å². The third-order valence-corrected chi connectivity index (χ3v) is 4.05. The van der Waals surface area contributed by atoms with Gasteiger partial charge in [0.15, 0.2) is 0 Å². The maximum Gasteiger partial charge on any atom is 0.272 e. The quantitative estimate of drug-likeness (QED) is 0.610. The molecule has 0 N–H and O–H groups in total. The first-order valence-corrected chi connectivity index (χ1v) is 7.11. The van der Waals surface area contributed by atoms with E-state index in [9.17, 15) is 10.1 Å². The molecule has 0 bridgehead atoms. The van der Waals surface area contributed by atoms with Gasteiger partial charge in [-0.1, -0.05) is 19.8 Å². The molecule has 0 saturated carbocycles. The van der Waals surface area contributed by atoms with Crippen LogP contribution in [0.25, 0.3) is 0 Å². The van der Waals surface area contributed by atoms with Crippen LogP contribution in [0.3, 0.4) is 0 Å². The minimum Gasteiger partial charge on any atom is -0.372 e. The Labute approximate surface area is 114 Å². The number of rotatable bonds is 4. The van der Waals surface area contributed by atoms with E-state index < -0.39 is 0 Å². The number of nitrogens with zero attached hydrogens (tertiary/aromatic N) is 2. The molecule has 0 amide bonds. The number of aryl methyl sites for hydroxylation is 1. The molecule has 1 aromatic rings. The number of nitro groups is 1. The molecule has 1 aliphatic rings. The predicted molar refractivity (Wildman–Crippen MR) is 77.7 cm³/mol. The zero-order chi connectivity index (χ0) is 13.8. The van der Waals surface area contributed by atoms with E-state index in [1.165, 1.54) is 25.7 Å². The van der Waals surface area contributed by atoms with Crippen molar-refractivity contribution in [3.63, 3.8) is 0 Å². The largest absolute Gasteiger partial charge is 0.372 e. The van der Waals surface area contributed by atoms with Gasteiger partial charge in [-0.15, -0.1) is 0 Å². The second-order valence-corrected chi connectivity index (χ2v) is 5.45. The van der Waals surface area contributed by atoms with Crippen molar-refractivity contribution >= 4 is 11.4 Å². The zero-order valence-corrected chi connectivity index (χ0v) is 11.8. The van der Waals surface area contributed by atoms with Crippen molar-refractivity contribution in [2.75, 3.05) is 18.0 Å². The van der Waals surface area contributed by atoms with Crippen LogP contribution in [0.1, 0.15) is 38.2 Å². The number of nitro benzene ring substituents is 1. The molecule has 0 unspecified atom stereocenters. The van der Waals surface area contributed by atoms with E-state index in [4.69, 9.17) is 0 Å². The van der Waals surface area contributed by atoms with Crippen molar-refractivity contribution in [3.05, 3.63) is 33.9 Å². The standard InChI is InChI=1S/C15H22N2O2/c1-3-4-13-7-9-16(10-8-13)14-5-6-15(17(18)19)12(2)11-14/h5-6,11,13H,3-4,7-10H2,1-2H3. The molecule has 4 nitrogen and oxygen atoms in total. The molecule has 0 aromatic heterocycles. The fraction of sp³-hybridized carbons (Fsp3) is 0.600. The summed E-state index contributed by atoms with van der Waals surface area (Å²) >= 11 is 0.